The van der Waals surface area contributed by atoms with Gasteiger partial charge in [-0.3, -0.25) is 0 Å². The fraction of sp³-hybridized carbons (Fsp3) is 0.353. The molecule has 4 N–H and O–H groups in total. The van der Waals surface area contributed by atoms with Gasteiger partial charge in [-0.2, -0.15) is 5.10 Å². The number of phosphoric acid groups is 1. The van der Waals surface area contributed by atoms with Gasteiger partial charge in [0.05, 0.1) is 6.21 Å². The summed E-state index contributed by atoms with van der Waals surface area (Å²) in [6.07, 6.45) is 1.90. The molecule has 2 aromatic rings. The molecule has 0 saturated heterocycles. The van der Waals surface area contributed by atoms with Crippen molar-refractivity contribution in [2.24, 2.45) is 5.10 Å². The van der Waals surface area contributed by atoms with E-state index in [1.807, 2.05) is 6.21 Å². The minimum Gasteiger partial charge on any atom is -0.318 e. The molecule has 0 spiro atoms. The molecule has 0 amide bonds. The normalized spacial score (nSPS) is 12.0. The van der Waals surface area contributed by atoms with E-state index in [1.54, 1.807) is 0 Å². The summed E-state index contributed by atoms with van der Waals surface area (Å²) in [6.45, 7) is 10.5. The van der Waals surface area contributed by atoms with Gasteiger partial charge >= 0.3 is 7.82 Å². The second-order valence-electron chi connectivity index (χ2n) is 6.77. The van der Waals surface area contributed by atoms with Crippen LogP contribution in [-0.2, 0) is 4.57 Å². The van der Waals surface area contributed by atoms with E-state index in [1.165, 1.54) is 20.6 Å². The van der Waals surface area contributed by atoms with E-state index in [2.05, 4.69) is 103 Å². The van der Waals surface area contributed by atoms with Crippen molar-refractivity contribution in [3.63, 3.8) is 0 Å². The number of halogens is 1. The van der Waals surface area contributed by atoms with E-state index in [-0.39, 0.29) is 5.54 Å². The Labute approximate surface area is 167 Å². The standard InChI is InChI=1S/C17H22IN3.H3O4P/c1-12-10-14(11-19-20-17(3,4)5)13(2)21(12)16-8-6-15(18)7-9-16;1-5(2,3)4/h6-11,20H,1-5H3;(H3,1,2,3,4)/b19-11+;. The zero-order valence-corrected chi connectivity index (χ0v) is 18.5. The summed E-state index contributed by atoms with van der Waals surface area (Å²) >= 11 is 2.33. The predicted octanol–water partition coefficient (Wildman–Crippen LogP) is 3.49. The number of rotatable bonds is 3. The quantitative estimate of drug-likeness (QED) is 0.227. The van der Waals surface area contributed by atoms with Crippen LogP contribution in [0.1, 0.15) is 37.7 Å². The molecule has 0 atom stereocenters. The highest BCUT2D eigenvalue weighted by molar-refractivity contribution is 14.1. The fourth-order valence-corrected chi connectivity index (χ4v) is 2.56. The zero-order valence-electron chi connectivity index (χ0n) is 15.4. The van der Waals surface area contributed by atoms with E-state index in [9.17, 15) is 0 Å². The first-order valence-electron chi connectivity index (χ1n) is 7.81. The SMILES string of the molecule is Cc1cc(/C=N/NC(C)(C)C)c(C)n1-c1ccc(I)cc1.O=P(O)(O)O. The molecule has 7 nitrogen and oxygen atoms in total. The van der Waals surface area contributed by atoms with E-state index in [4.69, 9.17) is 19.2 Å². The van der Waals surface area contributed by atoms with Gasteiger partial charge in [-0.15, -0.1) is 0 Å². The van der Waals surface area contributed by atoms with E-state index in [0.29, 0.717) is 0 Å². The molecule has 0 radical (unpaired) electrons. The van der Waals surface area contributed by atoms with E-state index < -0.39 is 7.82 Å². The lowest BCUT2D eigenvalue weighted by atomic mass is 10.1. The van der Waals surface area contributed by atoms with Crippen LogP contribution in [0.3, 0.4) is 0 Å². The number of hydrogen-bond donors (Lipinski definition) is 4. The summed E-state index contributed by atoms with van der Waals surface area (Å²) in [5.41, 5.74) is 7.86. The molecule has 0 unspecified atom stereocenters. The highest BCUT2D eigenvalue weighted by Crippen LogP contribution is 2.25. The van der Waals surface area contributed by atoms with Crippen molar-refractivity contribution in [3.8, 4) is 5.69 Å². The number of nitrogens with one attached hydrogen (secondary N) is 1. The average molecular weight is 493 g/mol. The summed E-state index contributed by atoms with van der Waals surface area (Å²) in [7, 11) is -4.64. The van der Waals surface area contributed by atoms with E-state index in [0.717, 1.165) is 5.56 Å². The number of hydrogen-bond acceptors (Lipinski definition) is 3. The minimum atomic E-state index is -4.64. The molecule has 0 saturated carbocycles. The monoisotopic (exact) mass is 493 g/mol. The van der Waals surface area contributed by atoms with Crippen molar-refractivity contribution in [2.75, 3.05) is 0 Å². The Balaban J connectivity index is 0.000000597. The second-order valence-corrected chi connectivity index (χ2v) is 9.04. The first-order valence-corrected chi connectivity index (χ1v) is 10.5. The predicted molar refractivity (Wildman–Crippen MR) is 113 cm³/mol. The summed E-state index contributed by atoms with van der Waals surface area (Å²) in [4.78, 5) is 21.6. The Morgan fingerprint density at radius 3 is 2.12 bits per heavy atom. The van der Waals surface area contributed by atoms with E-state index >= 15 is 0 Å². The number of aryl methyl sites for hydroxylation is 1. The molecule has 0 aliphatic heterocycles. The van der Waals surface area contributed by atoms with Gasteiger partial charge in [0, 0.05) is 31.7 Å². The van der Waals surface area contributed by atoms with Gasteiger partial charge in [0.2, 0.25) is 0 Å². The zero-order chi connectivity index (χ0) is 20.1. The van der Waals surface area contributed by atoms with Crippen molar-refractivity contribution in [1.82, 2.24) is 9.99 Å². The van der Waals surface area contributed by atoms with Crippen molar-refractivity contribution in [1.29, 1.82) is 0 Å². The smallest absolute Gasteiger partial charge is 0.318 e. The Kier molecular flexibility index (Phi) is 8.04. The maximum absolute atomic E-state index is 8.88. The highest BCUT2D eigenvalue weighted by atomic mass is 127. The number of aromatic nitrogens is 1. The van der Waals surface area contributed by atoms with Crippen LogP contribution >= 0.6 is 30.4 Å². The van der Waals surface area contributed by atoms with Gasteiger partial charge in [-0.05, 0) is 87.5 Å². The first kappa shape index (κ1) is 22.9. The minimum absolute atomic E-state index is 0.0157. The van der Waals surface area contributed by atoms with Crippen LogP contribution < -0.4 is 5.43 Å². The molecular weight excluding hydrogens is 468 g/mol. The largest absolute Gasteiger partial charge is 0.466 e. The average Bonchev–Trinajstić information content (AvgIpc) is 2.72. The van der Waals surface area contributed by atoms with Gasteiger partial charge in [-0.25, -0.2) is 4.57 Å². The van der Waals surface area contributed by atoms with Crippen LogP contribution in [-0.4, -0.2) is 31.0 Å². The summed E-state index contributed by atoms with van der Waals surface area (Å²) in [5, 5.41) is 4.35. The number of nitrogens with zero attached hydrogens (tertiary/aromatic N) is 2. The van der Waals surface area contributed by atoms with Gasteiger partial charge in [0.15, 0.2) is 0 Å². The molecule has 0 fully saturated rings. The summed E-state index contributed by atoms with van der Waals surface area (Å²) in [5.74, 6) is 0. The molecule has 0 aliphatic rings. The fourth-order valence-electron chi connectivity index (χ4n) is 2.20. The molecule has 144 valence electrons. The number of hydrazone groups is 1. The molecule has 1 aromatic heterocycles. The van der Waals surface area contributed by atoms with Crippen LogP contribution in [0.5, 0.6) is 0 Å². The molecule has 0 bridgehead atoms. The van der Waals surface area contributed by atoms with Gasteiger partial charge < -0.3 is 24.7 Å². The lowest BCUT2D eigenvalue weighted by molar-refractivity contribution is 0.275. The highest BCUT2D eigenvalue weighted by Gasteiger charge is 2.10. The molecular formula is C17H25IN3O4P. The molecule has 26 heavy (non-hydrogen) atoms. The van der Waals surface area contributed by atoms with Crippen LogP contribution in [0.15, 0.2) is 35.4 Å². The summed E-state index contributed by atoms with van der Waals surface area (Å²) < 4.78 is 12.4. The Bertz CT molecular complexity index is 796. The summed E-state index contributed by atoms with van der Waals surface area (Å²) in [6, 6.07) is 10.7. The lowest BCUT2D eigenvalue weighted by Crippen LogP contribution is -2.31. The van der Waals surface area contributed by atoms with Crippen molar-refractivity contribution >= 4 is 36.6 Å². The molecule has 2 rings (SSSR count). The van der Waals surface area contributed by atoms with Crippen LogP contribution in [0.25, 0.3) is 5.69 Å². The van der Waals surface area contributed by atoms with Crippen molar-refractivity contribution in [3.05, 3.63) is 50.9 Å². The molecule has 0 aliphatic carbocycles. The molecule has 1 heterocycles. The third-order valence-corrected chi connectivity index (χ3v) is 3.88. The Morgan fingerprint density at radius 2 is 1.65 bits per heavy atom. The Hall–Kier alpha value is -1.19. The molecule has 9 heteroatoms. The maximum Gasteiger partial charge on any atom is 0.466 e. The third kappa shape index (κ3) is 8.46. The maximum atomic E-state index is 8.88. The van der Waals surface area contributed by atoms with Gasteiger partial charge in [0.1, 0.15) is 0 Å². The third-order valence-electron chi connectivity index (χ3n) is 3.16. The number of benzene rings is 1. The second kappa shape index (κ2) is 9.14. The topological polar surface area (TPSA) is 107 Å². The Morgan fingerprint density at radius 1 is 1.15 bits per heavy atom. The van der Waals surface area contributed by atoms with Gasteiger partial charge in [0.25, 0.3) is 0 Å². The van der Waals surface area contributed by atoms with Crippen molar-refractivity contribution < 1.29 is 19.2 Å². The first-order chi connectivity index (χ1) is 11.8. The van der Waals surface area contributed by atoms with Crippen LogP contribution in [0.4, 0.5) is 0 Å². The molecule has 1 aromatic carbocycles. The van der Waals surface area contributed by atoms with Crippen LogP contribution in [0.2, 0.25) is 0 Å². The van der Waals surface area contributed by atoms with Crippen LogP contribution in [0, 0.1) is 17.4 Å². The lowest BCUT2D eigenvalue weighted by Gasteiger charge is -2.17. The van der Waals surface area contributed by atoms with Gasteiger partial charge in [-0.1, -0.05) is 0 Å². The van der Waals surface area contributed by atoms with Crippen molar-refractivity contribution in [2.45, 2.75) is 40.2 Å².